The number of nitrogens with zero attached hydrogens (tertiary/aromatic N) is 5. The Labute approximate surface area is 151 Å². The molecule has 7 heteroatoms. The third-order valence-electron chi connectivity index (χ3n) is 4.64. The minimum absolute atomic E-state index is 0.207. The van der Waals surface area contributed by atoms with Gasteiger partial charge in [0, 0.05) is 55.7 Å². The summed E-state index contributed by atoms with van der Waals surface area (Å²) in [7, 11) is 0. The Morgan fingerprint density at radius 2 is 1.80 bits per heavy atom. The lowest BCUT2D eigenvalue weighted by molar-refractivity contribution is 0.188. The van der Waals surface area contributed by atoms with Gasteiger partial charge in [0.05, 0.1) is 18.5 Å². The second-order valence-corrected chi connectivity index (χ2v) is 6.58. The summed E-state index contributed by atoms with van der Waals surface area (Å²) in [6.07, 6.45) is 5.65. The highest BCUT2D eigenvalue weighted by molar-refractivity contribution is 6.30. The van der Waals surface area contributed by atoms with E-state index in [0.29, 0.717) is 0 Å². The summed E-state index contributed by atoms with van der Waals surface area (Å²) in [5.74, 6) is 0.909. The first-order chi connectivity index (χ1) is 12.3. The molecule has 0 bridgehead atoms. The van der Waals surface area contributed by atoms with E-state index in [2.05, 4.69) is 24.2 Å². The van der Waals surface area contributed by atoms with Gasteiger partial charge in [-0.2, -0.15) is 0 Å². The molecule has 0 amide bonds. The second kappa shape index (κ2) is 7.00. The minimum Gasteiger partial charge on any atom is -0.395 e. The lowest BCUT2D eigenvalue weighted by Gasteiger charge is -2.35. The van der Waals surface area contributed by atoms with Gasteiger partial charge in [0.15, 0.2) is 11.5 Å². The number of benzene rings is 1. The molecule has 1 aliphatic heterocycles. The first-order valence-corrected chi connectivity index (χ1v) is 8.80. The summed E-state index contributed by atoms with van der Waals surface area (Å²) >= 11 is 5.99. The molecule has 3 heterocycles. The molecule has 0 unspecified atom stereocenters. The van der Waals surface area contributed by atoms with Gasteiger partial charge in [0.2, 0.25) is 0 Å². The molecule has 0 spiro atoms. The number of β-amino-alcohol motifs (C(OH)–C–C–N with tert-alkyl or cyclic N) is 1. The lowest BCUT2D eigenvalue weighted by Crippen LogP contribution is -2.47. The molecule has 1 aliphatic rings. The van der Waals surface area contributed by atoms with Crippen molar-refractivity contribution in [2.75, 3.05) is 44.2 Å². The van der Waals surface area contributed by atoms with E-state index >= 15 is 0 Å². The number of aromatic nitrogens is 3. The zero-order chi connectivity index (χ0) is 17.2. The predicted molar refractivity (Wildman–Crippen MR) is 99.2 cm³/mol. The molecule has 1 saturated heterocycles. The first-order valence-electron chi connectivity index (χ1n) is 8.42. The van der Waals surface area contributed by atoms with Crippen LogP contribution < -0.4 is 4.90 Å². The van der Waals surface area contributed by atoms with Gasteiger partial charge in [-0.1, -0.05) is 23.7 Å². The van der Waals surface area contributed by atoms with Crippen LogP contribution in [0.25, 0.3) is 16.9 Å². The van der Waals surface area contributed by atoms with E-state index < -0.39 is 0 Å². The van der Waals surface area contributed by atoms with Gasteiger partial charge >= 0.3 is 0 Å². The van der Waals surface area contributed by atoms with Crippen LogP contribution in [0.4, 0.5) is 5.82 Å². The average Bonchev–Trinajstić information content (AvgIpc) is 3.08. The number of anilines is 1. The van der Waals surface area contributed by atoms with Crippen molar-refractivity contribution in [3.63, 3.8) is 0 Å². The fourth-order valence-electron chi connectivity index (χ4n) is 3.29. The number of imidazole rings is 1. The van der Waals surface area contributed by atoms with Crippen molar-refractivity contribution in [1.29, 1.82) is 0 Å². The predicted octanol–water partition coefficient (Wildman–Crippen LogP) is 2.16. The van der Waals surface area contributed by atoms with Gasteiger partial charge in [-0.15, -0.1) is 0 Å². The molecule has 1 N–H and O–H groups in total. The van der Waals surface area contributed by atoms with Crippen molar-refractivity contribution in [3.05, 3.63) is 47.9 Å². The molecular weight excluding hydrogens is 338 g/mol. The first kappa shape index (κ1) is 16.3. The van der Waals surface area contributed by atoms with Crippen molar-refractivity contribution in [1.82, 2.24) is 19.3 Å². The van der Waals surface area contributed by atoms with Crippen LogP contribution >= 0.6 is 11.6 Å². The maximum atomic E-state index is 9.08. The Balaban J connectivity index is 1.65. The van der Waals surface area contributed by atoms with E-state index in [-0.39, 0.29) is 6.61 Å². The number of aliphatic hydroxyl groups excluding tert-OH is 1. The van der Waals surface area contributed by atoms with Crippen LogP contribution in [-0.2, 0) is 0 Å². The molecule has 25 heavy (non-hydrogen) atoms. The van der Waals surface area contributed by atoms with E-state index in [0.717, 1.165) is 60.5 Å². The van der Waals surface area contributed by atoms with Gasteiger partial charge in [0.1, 0.15) is 0 Å². The van der Waals surface area contributed by atoms with Crippen molar-refractivity contribution in [2.45, 2.75) is 0 Å². The van der Waals surface area contributed by atoms with Crippen LogP contribution in [0.3, 0.4) is 0 Å². The molecule has 3 aromatic rings. The van der Waals surface area contributed by atoms with E-state index in [1.807, 2.05) is 42.9 Å². The highest BCUT2D eigenvalue weighted by atomic mass is 35.5. The maximum Gasteiger partial charge on any atom is 0.180 e. The summed E-state index contributed by atoms with van der Waals surface area (Å²) in [4.78, 5) is 13.7. The number of piperazine rings is 1. The molecule has 1 fully saturated rings. The van der Waals surface area contributed by atoms with Gasteiger partial charge in [-0.3, -0.25) is 9.30 Å². The van der Waals surface area contributed by atoms with Crippen molar-refractivity contribution in [3.8, 4) is 11.3 Å². The molecular formula is C18H20ClN5O. The Kier molecular flexibility index (Phi) is 4.57. The number of aliphatic hydroxyl groups is 1. The molecule has 0 atom stereocenters. The fourth-order valence-corrected chi connectivity index (χ4v) is 3.41. The van der Waals surface area contributed by atoms with Crippen molar-refractivity contribution >= 4 is 23.1 Å². The van der Waals surface area contributed by atoms with Gasteiger partial charge in [-0.05, 0) is 12.1 Å². The summed E-state index contributed by atoms with van der Waals surface area (Å²) in [6, 6.07) is 7.77. The maximum absolute atomic E-state index is 9.08. The highest BCUT2D eigenvalue weighted by Gasteiger charge is 2.21. The van der Waals surface area contributed by atoms with Crippen LogP contribution in [0.1, 0.15) is 0 Å². The fraction of sp³-hybridized carbons (Fsp3) is 0.333. The molecule has 4 rings (SSSR count). The third-order valence-corrected chi connectivity index (χ3v) is 4.89. The summed E-state index contributed by atoms with van der Waals surface area (Å²) in [6.45, 7) is 4.56. The Bertz CT molecular complexity index is 856. The number of hydrogen-bond acceptors (Lipinski definition) is 5. The van der Waals surface area contributed by atoms with Gasteiger partial charge < -0.3 is 10.0 Å². The molecule has 130 valence electrons. The number of halogens is 1. The third kappa shape index (κ3) is 3.20. The molecule has 2 aromatic heterocycles. The number of hydrogen-bond donors (Lipinski definition) is 1. The van der Waals surface area contributed by atoms with Crippen molar-refractivity contribution < 1.29 is 5.11 Å². The Hall–Kier alpha value is -2.15. The van der Waals surface area contributed by atoms with E-state index in [1.165, 1.54) is 0 Å². The number of rotatable bonds is 4. The minimum atomic E-state index is 0.207. The normalized spacial score (nSPS) is 15.8. The van der Waals surface area contributed by atoms with Crippen LogP contribution in [-0.4, -0.2) is 63.7 Å². The number of fused-ring (bicyclic) bond motifs is 1. The Morgan fingerprint density at radius 3 is 2.52 bits per heavy atom. The SMILES string of the molecule is OCCN1CCN(c2nccn3c(-c4ccc(Cl)cc4)cnc23)CC1. The zero-order valence-electron chi connectivity index (χ0n) is 13.8. The van der Waals surface area contributed by atoms with E-state index in [9.17, 15) is 0 Å². The largest absolute Gasteiger partial charge is 0.395 e. The topological polar surface area (TPSA) is 56.9 Å². The van der Waals surface area contributed by atoms with Gasteiger partial charge in [-0.25, -0.2) is 9.97 Å². The summed E-state index contributed by atoms with van der Waals surface area (Å²) in [5, 5.41) is 9.80. The molecule has 1 aromatic carbocycles. The van der Waals surface area contributed by atoms with Crippen LogP contribution in [0.2, 0.25) is 5.02 Å². The lowest BCUT2D eigenvalue weighted by atomic mass is 10.2. The molecule has 0 aliphatic carbocycles. The van der Waals surface area contributed by atoms with E-state index in [1.54, 1.807) is 0 Å². The highest BCUT2D eigenvalue weighted by Crippen LogP contribution is 2.26. The van der Waals surface area contributed by atoms with Gasteiger partial charge in [0.25, 0.3) is 0 Å². The molecule has 0 radical (unpaired) electrons. The van der Waals surface area contributed by atoms with E-state index in [4.69, 9.17) is 16.7 Å². The summed E-state index contributed by atoms with van der Waals surface area (Å²) < 4.78 is 2.08. The summed E-state index contributed by atoms with van der Waals surface area (Å²) in [5.41, 5.74) is 2.96. The molecule has 6 nitrogen and oxygen atoms in total. The average molecular weight is 358 g/mol. The quantitative estimate of drug-likeness (QED) is 0.775. The van der Waals surface area contributed by atoms with Crippen LogP contribution in [0.5, 0.6) is 0 Å². The standard InChI is InChI=1S/C18H20ClN5O/c19-15-3-1-14(2-4-15)16-13-21-18-17(20-5-6-24(16)18)23-9-7-22(8-10-23)11-12-25/h1-6,13,25H,7-12H2. The smallest absolute Gasteiger partial charge is 0.180 e. The van der Waals surface area contributed by atoms with Crippen LogP contribution in [0.15, 0.2) is 42.9 Å². The molecule has 0 saturated carbocycles. The van der Waals surface area contributed by atoms with Crippen molar-refractivity contribution in [2.24, 2.45) is 0 Å². The Morgan fingerprint density at radius 1 is 1.04 bits per heavy atom. The monoisotopic (exact) mass is 357 g/mol. The zero-order valence-corrected chi connectivity index (χ0v) is 14.6. The second-order valence-electron chi connectivity index (χ2n) is 6.15. The van der Waals surface area contributed by atoms with Crippen LogP contribution in [0, 0.1) is 0 Å².